The molecule has 2 N–H and O–H groups in total. The average molecular weight is 212 g/mol. The number of carbonyl (C=O) groups is 1. The van der Waals surface area contributed by atoms with Gasteiger partial charge in [0.05, 0.1) is 11.6 Å². The minimum absolute atomic E-state index is 0.00197. The number of hydrogen-bond donors (Lipinski definition) is 2. The second kappa shape index (κ2) is 3.67. The van der Waals surface area contributed by atoms with Crippen LogP contribution in [0.15, 0.2) is 0 Å². The lowest BCUT2D eigenvalue weighted by atomic mass is 9.97. The van der Waals surface area contributed by atoms with Crippen LogP contribution >= 0.6 is 0 Å². The van der Waals surface area contributed by atoms with Crippen molar-refractivity contribution in [3.63, 3.8) is 0 Å². The Balaban J connectivity index is 1.97. The fourth-order valence-electron chi connectivity index (χ4n) is 2.23. The van der Waals surface area contributed by atoms with Gasteiger partial charge in [0.1, 0.15) is 0 Å². The number of carbonyl (C=O) groups excluding carboxylic acids is 1. The van der Waals surface area contributed by atoms with Gasteiger partial charge in [-0.3, -0.25) is 0 Å². The van der Waals surface area contributed by atoms with Gasteiger partial charge < -0.3 is 15.3 Å². The third kappa shape index (κ3) is 2.43. The van der Waals surface area contributed by atoms with Crippen LogP contribution in [-0.2, 0) is 0 Å². The third-order valence-corrected chi connectivity index (χ3v) is 3.23. The van der Waals surface area contributed by atoms with E-state index in [-0.39, 0.29) is 12.1 Å². The van der Waals surface area contributed by atoms with E-state index in [9.17, 15) is 9.90 Å². The Morgan fingerprint density at radius 1 is 1.40 bits per heavy atom. The molecule has 1 saturated carbocycles. The largest absolute Gasteiger partial charge is 0.388 e. The highest BCUT2D eigenvalue weighted by Crippen LogP contribution is 2.27. The molecule has 1 unspecified atom stereocenters. The van der Waals surface area contributed by atoms with Gasteiger partial charge >= 0.3 is 6.03 Å². The summed E-state index contributed by atoms with van der Waals surface area (Å²) in [5.74, 6) is 0. The molecule has 2 amide bonds. The summed E-state index contributed by atoms with van der Waals surface area (Å²) in [5.41, 5.74) is -0.794. The van der Waals surface area contributed by atoms with E-state index >= 15 is 0 Å². The quantitative estimate of drug-likeness (QED) is 0.720. The van der Waals surface area contributed by atoms with Crippen LogP contribution in [0.4, 0.5) is 4.79 Å². The normalized spacial score (nSPS) is 26.9. The molecule has 15 heavy (non-hydrogen) atoms. The summed E-state index contributed by atoms with van der Waals surface area (Å²) in [4.78, 5) is 13.6. The number of urea groups is 1. The van der Waals surface area contributed by atoms with Gasteiger partial charge in [-0.25, -0.2) is 4.79 Å². The molecule has 4 nitrogen and oxygen atoms in total. The Bertz CT molecular complexity index is 256. The van der Waals surface area contributed by atoms with Gasteiger partial charge in [-0.05, 0) is 39.5 Å². The zero-order chi connectivity index (χ0) is 11.1. The number of nitrogens with zero attached hydrogens (tertiary/aromatic N) is 1. The molecule has 0 spiro atoms. The van der Waals surface area contributed by atoms with E-state index < -0.39 is 5.60 Å². The second-order valence-electron chi connectivity index (χ2n) is 5.23. The Hall–Kier alpha value is -0.770. The molecule has 0 bridgehead atoms. The number of aliphatic hydroxyl groups is 1. The molecule has 1 atom stereocenters. The standard InChI is InChI=1S/C11H20N2O2/c1-11(2,15)9-4-3-7-13(9)10(14)12-8-5-6-8/h8-9,15H,3-7H2,1-2H3,(H,12,14). The summed E-state index contributed by atoms with van der Waals surface area (Å²) in [6.07, 6.45) is 4.11. The minimum atomic E-state index is -0.794. The van der Waals surface area contributed by atoms with Crippen molar-refractivity contribution in [1.29, 1.82) is 0 Å². The number of nitrogens with one attached hydrogen (secondary N) is 1. The Kier molecular flexibility index (Phi) is 2.63. The maximum atomic E-state index is 11.9. The van der Waals surface area contributed by atoms with Crippen LogP contribution in [0.5, 0.6) is 0 Å². The lowest BCUT2D eigenvalue weighted by molar-refractivity contribution is 0.00977. The van der Waals surface area contributed by atoms with Crippen LogP contribution in [0, 0.1) is 0 Å². The predicted molar refractivity (Wildman–Crippen MR) is 57.6 cm³/mol. The first kappa shape index (κ1) is 10.7. The van der Waals surface area contributed by atoms with Gasteiger partial charge in [-0.1, -0.05) is 0 Å². The molecule has 0 aromatic heterocycles. The summed E-state index contributed by atoms with van der Waals surface area (Å²) in [5, 5.41) is 12.9. The fraction of sp³-hybridized carbons (Fsp3) is 0.909. The van der Waals surface area contributed by atoms with Gasteiger partial charge in [0.25, 0.3) is 0 Å². The number of amides is 2. The number of hydrogen-bond acceptors (Lipinski definition) is 2. The highest BCUT2D eigenvalue weighted by Gasteiger charge is 2.39. The van der Waals surface area contributed by atoms with E-state index in [1.807, 2.05) is 0 Å². The van der Waals surface area contributed by atoms with Crippen molar-refractivity contribution in [2.24, 2.45) is 0 Å². The van der Waals surface area contributed by atoms with Crippen LogP contribution in [0.3, 0.4) is 0 Å². The molecule has 1 saturated heterocycles. The third-order valence-electron chi connectivity index (χ3n) is 3.23. The molecule has 4 heteroatoms. The summed E-state index contributed by atoms with van der Waals surface area (Å²) in [7, 11) is 0. The number of likely N-dealkylation sites (tertiary alicyclic amines) is 1. The van der Waals surface area contributed by atoms with Gasteiger partial charge in [0.2, 0.25) is 0 Å². The molecule has 1 heterocycles. The summed E-state index contributed by atoms with van der Waals surface area (Å²) < 4.78 is 0. The average Bonchev–Trinajstić information content (AvgIpc) is 2.80. The highest BCUT2D eigenvalue weighted by atomic mass is 16.3. The first-order valence-corrected chi connectivity index (χ1v) is 5.78. The second-order valence-corrected chi connectivity index (χ2v) is 5.23. The van der Waals surface area contributed by atoms with Gasteiger partial charge in [-0.15, -0.1) is 0 Å². The first-order chi connectivity index (χ1) is 6.98. The zero-order valence-corrected chi connectivity index (χ0v) is 9.49. The lowest BCUT2D eigenvalue weighted by Crippen LogP contribution is -2.51. The van der Waals surface area contributed by atoms with Gasteiger partial charge in [0.15, 0.2) is 0 Å². The van der Waals surface area contributed by atoms with Crippen molar-refractivity contribution in [2.45, 2.75) is 57.2 Å². The monoisotopic (exact) mass is 212 g/mol. The van der Waals surface area contributed by atoms with Crippen LogP contribution in [0.25, 0.3) is 0 Å². The molecular formula is C11H20N2O2. The van der Waals surface area contributed by atoms with E-state index in [2.05, 4.69) is 5.32 Å². The zero-order valence-electron chi connectivity index (χ0n) is 9.49. The Labute approximate surface area is 90.6 Å². The van der Waals surface area contributed by atoms with Crippen molar-refractivity contribution in [3.8, 4) is 0 Å². The Morgan fingerprint density at radius 2 is 2.07 bits per heavy atom. The van der Waals surface area contributed by atoms with E-state index in [0.717, 1.165) is 32.2 Å². The molecule has 0 aromatic rings. The van der Waals surface area contributed by atoms with Crippen molar-refractivity contribution in [3.05, 3.63) is 0 Å². The molecule has 0 radical (unpaired) electrons. The number of rotatable bonds is 2. The van der Waals surface area contributed by atoms with Crippen molar-refractivity contribution >= 4 is 6.03 Å². The molecule has 0 aromatic carbocycles. The Morgan fingerprint density at radius 3 is 2.60 bits per heavy atom. The van der Waals surface area contributed by atoms with E-state index in [1.165, 1.54) is 0 Å². The fourth-order valence-corrected chi connectivity index (χ4v) is 2.23. The van der Waals surface area contributed by atoms with Gasteiger partial charge in [0, 0.05) is 12.6 Å². The molecule has 2 fully saturated rings. The molecular weight excluding hydrogens is 192 g/mol. The van der Waals surface area contributed by atoms with Crippen LogP contribution < -0.4 is 5.32 Å². The van der Waals surface area contributed by atoms with E-state index in [1.54, 1.807) is 18.7 Å². The molecule has 2 aliphatic rings. The maximum absolute atomic E-state index is 11.9. The first-order valence-electron chi connectivity index (χ1n) is 5.78. The summed E-state index contributed by atoms with van der Waals surface area (Å²) in [6.45, 7) is 4.33. The molecule has 1 aliphatic carbocycles. The van der Waals surface area contributed by atoms with Gasteiger partial charge in [-0.2, -0.15) is 0 Å². The molecule has 86 valence electrons. The minimum Gasteiger partial charge on any atom is -0.388 e. The van der Waals surface area contributed by atoms with Crippen molar-refractivity contribution in [2.75, 3.05) is 6.54 Å². The summed E-state index contributed by atoms with van der Waals surface area (Å²) in [6, 6.07) is 0.360. The van der Waals surface area contributed by atoms with Crippen LogP contribution in [0.2, 0.25) is 0 Å². The topological polar surface area (TPSA) is 52.6 Å². The van der Waals surface area contributed by atoms with Crippen molar-refractivity contribution in [1.82, 2.24) is 10.2 Å². The van der Waals surface area contributed by atoms with Crippen LogP contribution in [-0.4, -0.2) is 40.3 Å². The van der Waals surface area contributed by atoms with Crippen LogP contribution in [0.1, 0.15) is 39.5 Å². The maximum Gasteiger partial charge on any atom is 0.317 e. The van der Waals surface area contributed by atoms with Crippen molar-refractivity contribution < 1.29 is 9.90 Å². The summed E-state index contributed by atoms with van der Waals surface area (Å²) >= 11 is 0. The van der Waals surface area contributed by atoms with E-state index in [0.29, 0.717) is 6.04 Å². The van der Waals surface area contributed by atoms with E-state index in [4.69, 9.17) is 0 Å². The SMILES string of the molecule is CC(C)(O)C1CCCN1C(=O)NC1CC1. The molecule has 2 rings (SSSR count). The highest BCUT2D eigenvalue weighted by molar-refractivity contribution is 5.75. The predicted octanol–water partition coefficient (Wildman–Crippen LogP) is 1.09. The molecule has 1 aliphatic heterocycles. The lowest BCUT2D eigenvalue weighted by Gasteiger charge is -2.33. The smallest absolute Gasteiger partial charge is 0.317 e.